The van der Waals surface area contributed by atoms with Gasteiger partial charge in [0.05, 0.1) is 45.9 Å². The first kappa shape index (κ1) is 30.2. The van der Waals surface area contributed by atoms with Crippen LogP contribution in [0.2, 0.25) is 0 Å². The number of rotatable bonds is 8. The van der Waals surface area contributed by atoms with Gasteiger partial charge in [0, 0.05) is 12.0 Å². The number of nitrogens with zero attached hydrogens (tertiary/aromatic N) is 2. The molecular formula is C31H47N4O5+. The minimum absolute atomic E-state index is 0.000666. The molecule has 0 aromatic heterocycles. The first-order valence-corrected chi connectivity index (χ1v) is 15.0. The Bertz CT molecular complexity index is 1030. The fraction of sp³-hybridized carbons (Fsp3) is 0.677. The van der Waals surface area contributed by atoms with E-state index in [1.54, 1.807) is 0 Å². The molecule has 0 bridgehead atoms. The van der Waals surface area contributed by atoms with Gasteiger partial charge in [-0.2, -0.15) is 0 Å². The van der Waals surface area contributed by atoms with Gasteiger partial charge >= 0.3 is 6.09 Å². The van der Waals surface area contributed by atoms with E-state index in [0.29, 0.717) is 42.7 Å². The second-order valence-corrected chi connectivity index (χ2v) is 12.5. The van der Waals surface area contributed by atoms with E-state index in [9.17, 15) is 14.4 Å². The molecule has 3 aliphatic rings. The van der Waals surface area contributed by atoms with Crippen LogP contribution >= 0.6 is 0 Å². The van der Waals surface area contributed by atoms with E-state index in [-0.39, 0.29) is 24.4 Å². The third-order valence-electron chi connectivity index (χ3n) is 8.65. The Morgan fingerprint density at radius 2 is 1.75 bits per heavy atom. The van der Waals surface area contributed by atoms with Crippen LogP contribution in [-0.4, -0.2) is 86.7 Å². The van der Waals surface area contributed by atoms with E-state index in [1.165, 1.54) is 19.3 Å². The Morgan fingerprint density at radius 3 is 2.45 bits per heavy atom. The molecule has 2 saturated heterocycles. The number of likely N-dealkylation sites (tertiary alicyclic amines) is 1. The number of hydrogen-bond donors (Lipinski definition) is 2. The van der Waals surface area contributed by atoms with Crippen molar-refractivity contribution in [1.29, 1.82) is 0 Å². The highest BCUT2D eigenvalue weighted by Crippen LogP contribution is 2.26. The Hall–Kier alpha value is -2.78. The number of nitrogens with one attached hydrogen (secondary N) is 2. The van der Waals surface area contributed by atoms with E-state index in [1.807, 2.05) is 37.3 Å². The van der Waals surface area contributed by atoms with Crippen molar-refractivity contribution in [2.75, 3.05) is 40.4 Å². The molecule has 1 saturated carbocycles. The van der Waals surface area contributed by atoms with Gasteiger partial charge in [0.2, 0.25) is 5.91 Å². The Labute approximate surface area is 238 Å². The molecule has 9 heteroatoms. The number of carbonyl (C=O) groups excluding carboxylic acids is 3. The van der Waals surface area contributed by atoms with Crippen LogP contribution in [0.5, 0.6) is 0 Å². The summed E-state index contributed by atoms with van der Waals surface area (Å²) in [5.74, 6) is 0.609. The highest BCUT2D eigenvalue weighted by atomic mass is 16.5. The first-order chi connectivity index (χ1) is 19.2. The van der Waals surface area contributed by atoms with Gasteiger partial charge in [-0.05, 0) is 50.9 Å². The largest absolute Gasteiger partial charge is 0.449 e. The fourth-order valence-corrected chi connectivity index (χ4v) is 5.96. The Kier molecular flexibility index (Phi) is 10.7. The number of alkyl carbamates (subject to hydrolysis) is 1. The van der Waals surface area contributed by atoms with Crippen LogP contribution in [0.25, 0.3) is 0 Å². The number of ketones is 1. The molecule has 2 aliphatic heterocycles. The highest BCUT2D eigenvalue weighted by Gasteiger charge is 2.34. The SMILES string of the molecule is CC1CC(NC(=O)C(CC2CC[N+](C)(C)CC2)N=C(NC(=O)OCC2CCCCC2)c2ccccc2)C(=O)CO1. The summed E-state index contributed by atoms with van der Waals surface area (Å²) in [5.41, 5.74) is 0.701. The van der Waals surface area contributed by atoms with Gasteiger partial charge < -0.3 is 19.3 Å². The number of Topliss-reactive ketones (excluding diaryl/α,β-unsaturated/α-hetero) is 1. The zero-order chi connectivity index (χ0) is 28.5. The number of quaternary nitrogens is 1. The first-order valence-electron chi connectivity index (χ1n) is 15.0. The van der Waals surface area contributed by atoms with Gasteiger partial charge in [-0.25, -0.2) is 4.79 Å². The van der Waals surface area contributed by atoms with Crippen LogP contribution in [0.1, 0.15) is 70.3 Å². The summed E-state index contributed by atoms with van der Waals surface area (Å²) in [6.45, 7) is 4.36. The highest BCUT2D eigenvalue weighted by molar-refractivity contribution is 6.07. The van der Waals surface area contributed by atoms with Crippen molar-refractivity contribution in [2.45, 2.75) is 82.9 Å². The third kappa shape index (κ3) is 9.13. The maximum absolute atomic E-state index is 13.7. The van der Waals surface area contributed by atoms with Crippen molar-refractivity contribution >= 4 is 23.6 Å². The lowest BCUT2D eigenvalue weighted by atomic mass is 9.89. The summed E-state index contributed by atoms with van der Waals surface area (Å²) >= 11 is 0. The second kappa shape index (κ2) is 14.2. The van der Waals surface area contributed by atoms with E-state index < -0.39 is 18.2 Å². The van der Waals surface area contributed by atoms with E-state index in [4.69, 9.17) is 14.5 Å². The quantitative estimate of drug-likeness (QED) is 0.288. The molecule has 2 heterocycles. The van der Waals surface area contributed by atoms with Crippen LogP contribution in [0.4, 0.5) is 4.79 Å². The van der Waals surface area contributed by atoms with E-state index in [0.717, 1.165) is 43.3 Å². The maximum atomic E-state index is 13.7. The van der Waals surface area contributed by atoms with Gasteiger partial charge in [-0.3, -0.25) is 19.9 Å². The van der Waals surface area contributed by atoms with Crippen LogP contribution < -0.4 is 10.6 Å². The lowest BCUT2D eigenvalue weighted by molar-refractivity contribution is -0.896. The molecule has 9 nitrogen and oxygen atoms in total. The molecule has 0 spiro atoms. The molecule has 1 aromatic rings. The molecule has 2 N–H and O–H groups in total. The third-order valence-corrected chi connectivity index (χ3v) is 8.65. The molecule has 2 amide bonds. The van der Waals surface area contributed by atoms with Crippen LogP contribution in [-0.2, 0) is 19.1 Å². The summed E-state index contributed by atoms with van der Waals surface area (Å²) in [4.78, 5) is 44.0. The predicted molar refractivity (Wildman–Crippen MR) is 154 cm³/mol. The van der Waals surface area contributed by atoms with Crippen molar-refractivity contribution in [2.24, 2.45) is 16.8 Å². The molecular weight excluding hydrogens is 508 g/mol. The fourth-order valence-electron chi connectivity index (χ4n) is 5.96. The molecule has 0 radical (unpaired) electrons. The molecule has 4 rings (SSSR count). The Balaban J connectivity index is 1.53. The molecule has 3 unspecified atom stereocenters. The molecule has 3 fully saturated rings. The molecule has 1 aliphatic carbocycles. The van der Waals surface area contributed by atoms with E-state index >= 15 is 0 Å². The minimum atomic E-state index is -0.751. The lowest BCUT2D eigenvalue weighted by Crippen LogP contribution is -2.51. The number of piperidine rings is 1. The number of carbonyl (C=O) groups is 3. The van der Waals surface area contributed by atoms with Gasteiger partial charge in [0.25, 0.3) is 0 Å². The van der Waals surface area contributed by atoms with Crippen molar-refractivity contribution in [3.8, 4) is 0 Å². The van der Waals surface area contributed by atoms with Crippen LogP contribution in [0, 0.1) is 11.8 Å². The number of hydrogen-bond acceptors (Lipinski definition) is 6. The van der Waals surface area contributed by atoms with Crippen LogP contribution in [0.3, 0.4) is 0 Å². The summed E-state index contributed by atoms with van der Waals surface area (Å²) in [6.07, 6.45) is 8.07. The summed E-state index contributed by atoms with van der Waals surface area (Å²) < 4.78 is 12.0. The van der Waals surface area contributed by atoms with Gasteiger partial charge in [0.1, 0.15) is 18.5 Å². The number of amidine groups is 1. The number of aliphatic imine (C=N–C) groups is 1. The monoisotopic (exact) mass is 555 g/mol. The normalized spacial score (nSPS) is 25.2. The number of amides is 2. The average Bonchev–Trinajstić information content (AvgIpc) is 2.95. The lowest BCUT2D eigenvalue weighted by Gasteiger charge is -2.37. The average molecular weight is 556 g/mol. The van der Waals surface area contributed by atoms with Gasteiger partial charge in [-0.15, -0.1) is 0 Å². The summed E-state index contributed by atoms with van der Waals surface area (Å²) in [5, 5.41) is 5.81. The maximum Gasteiger partial charge on any atom is 0.412 e. The Morgan fingerprint density at radius 1 is 1.05 bits per heavy atom. The van der Waals surface area contributed by atoms with Crippen molar-refractivity contribution in [3.05, 3.63) is 35.9 Å². The summed E-state index contributed by atoms with van der Waals surface area (Å²) in [7, 11) is 4.46. The van der Waals surface area contributed by atoms with Crippen LogP contribution in [0.15, 0.2) is 35.3 Å². The van der Waals surface area contributed by atoms with Crippen molar-refractivity contribution in [1.82, 2.24) is 10.6 Å². The second-order valence-electron chi connectivity index (χ2n) is 12.5. The van der Waals surface area contributed by atoms with Gasteiger partial charge in [0.15, 0.2) is 5.78 Å². The van der Waals surface area contributed by atoms with Gasteiger partial charge in [-0.1, -0.05) is 49.6 Å². The number of benzene rings is 1. The molecule has 40 heavy (non-hydrogen) atoms. The number of ether oxygens (including phenoxy) is 2. The predicted octanol–water partition coefficient (Wildman–Crippen LogP) is 3.85. The van der Waals surface area contributed by atoms with Crippen molar-refractivity contribution < 1.29 is 28.3 Å². The molecule has 1 aromatic carbocycles. The molecule has 3 atom stereocenters. The topological polar surface area (TPSA) is 106 Å². The minimum Gasteiger partial charge on any atom is -0.449 e. The zero-order valence-electron chi connectivity index (χ0n) is 24.4. The zero-order valence-corrected chi connectivity index (χ0v) is 24.4. The standard InChI is InChI=1S/C31H46N4O5/c1-22-18-26(28(36)21-39-22)33-30(37)27(19-23-14-16-35(2,3)17-15-23)32-29(25-12-8-5-9-13-25)34-31(38)40-20-24-10-6-4-7-11-24/h5,8-9,12-13,22-24,26-27H,4,6-7,10-11,14-21H2,1-3H3,(H-,32,33,34,37,38)/p+1. The summed E-state index contributed by atoms with van der Waals surface area (Å²) in [6, 6.07) is 8.02. The van der Waals surface area contributed by atoms with E-state index in [2.05, 4.69) is 24.7 Å². The smallest absolute Gasteiger partial charge is 0.412 e. The molecule has 220 valence electrons. The van der Waals surface area contributed by atoms with Crippen molar-refractivity contribution in [3.63, 3.8) is 0 Å².